The van der Waals surface area contributed by atoms with Crippen molar-refractivity contribution in [2.24, 2.45) is 0 Å². The second kappa shape index (κ2) is 18.7. The summed E-state index contributed by atoms with van der Waals surface area (Å²) in [6.07, 6.45) is 21.3. The molecule has 0 atom stereocenters. The van der Waals surface area contributed by atoms with E-state index in [0.29, 0.717) is 13.0 Å². The van der Waals surface area contributed by atoms with Crippen LogP contribution >= 0.6 is 0 Å². The molecule has 0 aromatic carbocycles. The zero-order valence-corrected chi connectivity index (χ0v) is 17.9. The monoisotopic (exact) mass is 376 g/mol. The van der Waals surface area contributed by atoms with Gasteiger partial charge in [0.25, 0.3) is 10.1 Å². The van der Waals surface area contributed by atoms with Gasteiger partial charge in [0.2, 0.25) is 0 Å². The SMILES string of the molecule is CCCCCCCCCCCCCCCCCOS(=O)(=O)CCCC. The van der Waals surface area contributed by atoms with Crippen LogP contribution in [0.4, 0.5) is 0 Å². The average molecular weight is 377 g/mol. The summed E-state index contributed by atoms with van der Waals surface area (Å²) >= 11 is 0. The lowest BCUT2D eigenvalue weighted by Gasteiger charge is -2.05. The predicted octanol–water partition coefficient (Wildman–Crippen LogP) is 7.00. The number of hydrogen-bond donors (Lipinski definition) is 0. The molecule has 0 saturated heterocycles. The maximum atomic E-state index is 11.5. The second-order valence-corrected chi connectivity index (χ2v) is 9.15. The minimum absolute atomic E-state index is 0.169. The Balaban J connectivity index is 3.16. The van der Waals surface area contributed by atoms with Crippen LogP contribution in [0.25, 0.3) is 0 Å². The van der Waals surface area contributed by atoms with E-state index in [2.05, 4.69) is 6.92 Å². The molecular formula is C21H44O3S. The first kappa shape index (κ1) is 24.9. The molecule has 0 N–H and O–H groups in total. The molecule has 0 fully saturated rings. The third-order valence-corrected chi connectivity index (χ3v) is 6.07. The Morgan fingerprint density at radius 2 is 0.880 bits per heavy atom. The van der Waals surface area contributed by atoms with Gasteiger partial charge < -0.3 is 0 Å². The van der Waals surface area contributed by atoms with E-state index in [1.165, 1.54) is 83.5 Å². The Bertz CT molecular complexity index is 352. The molecule has 0 heterocycles. The Hall–Kier alpha value is -0.0900. The standard InChI is InChI=1S/C21H44O3S/c1-3-5-7-8-9-10-11-12-13-14-15-16-17-18-19-20-24-25(22,23)21-6-4-2/h3-21H2,1-2H3. The van der Waals surface area contributed by atoms with E-state index >= 15 is 0 Å². The van der Waals surface area contributed by atoms with Crippen LogP contribution in [0.1, 0.15) is 123 Å². The molecule has 25 heavy (non-hydrogen) atoms. The molecule has 0 rings (SSSR count). The molecule has 152 valence electrons. The van der Waals surface area contributed by atoms with Crippen molar-refractivity contribution in [3.8, 4) is 0 Å². The van der Waals surface area contributed by atoms with Gasteiger partial charge in [0.05, 0.1) is 12.4 Å². The molecule has 0 aliphatic carbocycles. The van der Waals surface area contributed by atoms with E-state index in [1.54, 1.807) is 0 Å². The van der Waals surface area contributed by atoms with Gasteiger partial charge in [0, 0.05) is 0 Å². The van der Waals surface area contributed by atoms with Crippen molar-refractivity contribution < 1.29 is 12.6 Å². The zero-order valence-electron chi connectivity index (χ0n) is 17.1. The molecule has 0 radical (unpaired) electrons. The predicted molar refractivity (Wildman–Crippen MR) is 110 cm³/mol. The number of hydrogen-bond acceptors (Lipinski definition) is 3. The van der Waals surface area contributed by atoms with Crippen LogP contribution in [0.15, 0.2) is 0 Å². The average Bonchev–Trinajstić information content (AvgIpc) is 2.59. The van der Waals surface area contributed by atoms with Gasteiger partial charge in [0.1, 0.15) is 0 Å². The molecule has 0 amide bonds. The zero-order chi connectivity index (χ0) is 18.6. The summed E-state index contributed by atoms with van der Waals surface area (Å²) in [5.41, 5.74) is 0. The summed E-state index contributed by atoms with van der Waals surface area (Å²) in [6, 6.07) is 0. The molecular weight excluding hydrogens is 332 g/mol. The van der Waals surface area contributed by atoms with Crippen molar-refractivity contribution in [2.45, 2.75) is 123 Å². The minimum Gasteiger partial charge on any atom is -0.270 e. The van der Waals surface area contributed by atoms with Crippen molar-refractivity contribution >= 4 is 10.1 Å². The number of rotatable bonds is 20. The topological polar surface area (TPSA) is 43.4 Å². The lowest BCUT2D eigenvalue weighted by Crippen LogP contribution is -2.11. The normalized spacial score (nSPS) is 11.9. The van der Waals surface area contributed by atoms with Crippen LogP contribution in [-0.4, -0.2) is 20.8 Å². The van der Waals surface area contributed by atoms with Crippen LogP contribution in [0, 0.1) is 0 Å². The Morgan fingerprint density at radius 1 is 0.520 bits per heavy atom. The van der Waals surface area contributed by atoms with Crippen molar-refractivity contribution in [3.05, 3.63) is 0 Å². The van der Waals surface area contributed by atoms with E-state index in [0.717, 1.165) is 19.3 Å². The summed E-state index contributed by atoms with van der Waals surface area (Å²) in [7, 11) is -3.26. The van der Waals surface area contributed by atoms with Gasteiger partial charge in [-0.15, -0.1) is 0 Å². The van der Waals surface area contributed by atoms with Crippen molar-refractivity contribution in [1.82, 2.24) is 0 Å². The van der Waals surface area contributed by atoms with E-state index in [9.17, 15) is 8.42 Å². The lowest BCUT2D eigenvalue weighted by molar-refractivity contribution is 0.305. The third-order valence-electron chi connectivity index (χ3n) is 4.76. The molecule has 3 nitrogen and oxygen atoms in total. The molecule has 0 bridgehead atoms. The van der Waals surface area contributed by atoms with Crippen LogP contribution in [0.2, 0.25) is 0 Å². The first-order valence-electron chi connectivity index (χ1n) is 11.0. The fraction of sp³-hybridized carbons (Fsp3) is 1.00. The Kier molecular flexibility index (Phi) is 18.6. The van der Waals surface area contributed by atoms with Crippen molar-refractivity contribution in [2.75, 3.05) is 12.4 Å². The molecule has 0 aromatic heterocycles. The van der Waals surface area contributed by atoms with Gasteiger partial charge >= 0.3 is 0 Å². The first-order chi connectivity index (χ1) is 12.1. The Labute approximate surface area is 158 Å². The lowest BCUT2D eigenvalue weighted by atomic mass is 10.0. The van der Waals surface area contributed by atoms with Crippen LogP contribution in [-0.2, 0) is 14.3 Å². The number of unbranched alkanes of at least 4 members (excludes halogenated alkanes) is 15. The third kappa shape index (κ3) is 20.1. The van der Waals surface area contributed by atoms with Gasteiger partial charge in [-0.25, -0.2) is 0 Å². The van der Waals surface area contributed by atoms with Gasteiger partial charge in [-0.2, -0.15) is 8.42 Å². The first-order valence-corrected chi connectivity index (χ1v) is 12.6. The maximum absolute atomic E-state index is 11.5. The molecule has 4 heteroatoms. The highest BCUT2D eigenvalue weighted by molar-refractivity contribution is 7.86. The van der Waals surface area contributed by atoms with E-state index in [4.69, 9.17) is 4.18 Å². The summed E-state index contributed by atoms with van der Waals surface area (Å²) in [6.45, 7) is 4.63. The molecule has 0 aliphatic rings. The quantitative estimate of drug-likeness (QED) is 0.170. The fourth-order valence-electron chi connectivity index (χ4n) is 3.04. The van der Waals surface area contributed by atoms with Crippen LogP contribution in [0.3, 0.4) is 0 Å². The van der Waals surface area contributed by atoms with Crippen molar-refractivity contribution in [1.29, 1.82) is 0 Å². The maximum Gasteiger partial charge on any atom is 0.267 e. The molecule has 0 saturated carbocycles. The summed E-state index contributed by atoms with van der Waals surface area (Å²) in [5.74, 6) is 0.169. The highest BCUT2D eigenvalue weighted by Gasteiger charge is 2.09. The minimum atomic E-state index is -3.26. The van der Waals surface area contributed by atoms with Gasteiger partial charge in [-0.05, 0) is 12.8 Å². The second-order valence-electron chi connectivity index (χ2n) is 7.39. The van der Waals surface area contributed by atoms with Gasteiger partial charge in [-0.3, -0.25) is 4.18 Å². The molecule has 0 aliphatic heterocycles. The van der Waals surface area contributed by atoms with Crippen LogP contribution in [0.5, 0.6) is 0 Å². The summed E-state index contributed by atoms with van der Waals surface area (Å²) in [4.78, 5) is 0. The Morgan fingerprint density at radius 3 is 1.28 bits per heavy atom. The van der Waals surface area contributed by atoms with Gasteiger partial charge in [0.15, 0.2) is 0 Å². The van der Waals surface area contributed by atoms with E-state index < -0.39 is 10.1 Å². The van der Waals surface area contributed by atoms with E-state index in [-0.39, 0.29) is 5.75 Å². The molecule has 0 unspecified atom stereocenters. The van der Waals surface area contributed by atoms with E-state index in [1.807, 2.05) is 6.92 Å². The van der Waals surface area contributed by atoms with Crippen LogP contribution < -0.4 is 0 Å². The summed E-state index contributed by atoms with van der Waals surface area (Å²) < 4.78 is 28.0. The highest BCUT2D eigenvalue weighted by atomic mass is 32.2. The van der Waals surface area contributed by atoms with Gasteiger partial charge in [-0.1, -0.05) is 110 Å². The largest absolute Gasteiger partial charge is 0.270 e. The fourth-order valence-corrected chi connectivity index (χ4v) is 4.17. The highest BCUT2D eigenvalue weighted by Crippen LogP contribution is 2.13. The summed E-state index contributed by atoms with van der Waals surface area (Å²) in [5, 5.41) is 0. The molecule has 0 spiro atoms. The smallest absolute Gasteiger partial charge is 0.267 e. The molecule has 0 aromatic rings. The van der Waals surface area contributed by atoms with Crippen molar-refractivity contribution in [3.63, 3.8) is 0 Å².